The predicted molar refractivity (Wildman–Crippen MR) is 91.0 cm³/mol. The summed E-state index contributed by atoms with van der Waals surface area (Å²) in [6.45, 7) is 2.66. The first kappa shape index (κ1) is 17.7. The van der Waals surface area contributed by atoms with E-state index in [0.29, 0.717) is 16.1 Å². The molecular formula is C16H21BrClFN2O. The number of nitrogens with zero attached hydrogens (tertiary/aromatic N) is 1. The summed E-state index contributed by atoms with van der Waals surface area (Å²) in [5, 5.41) is 3.60. The number of halogens is 3. The van der Waals surface area contributed by atoms with Crippen molar-refractivity contribution in [1.29, 1.82) is 0 Å². The van der Waals surface area contributed by atoms with E-state index in [1.165, 1.54) is 25.0 Å². The van der Waals surface area contributed by atoms with Gasteiger partial charge in [0.1, 0.15) is 5.82 Å². The summed E-state index contributed by atoms with van der Waals surface area (Å²) in [5.41, 5.74) is 0.542. The minimum Gasteiger partial charge on any atom is -0.338 e. The first-order chi connectivity index (χ1) is 10.1. The van der Waals surface area contributed by atoms with Crippen LogP contribution in [-0.2, 0) is 0 Å². The standard InChI is InChI=1S/C16H20BrFN2O.ClH/c17-15-9-12(18)3-4-14(15)16(21)20-7-5-13(6-8-20)19-10-11-1-2-11;/h3-4,9,11,13,19H,1-2,5-8,10H2;1H. The van der Waals surface area contributed by atoms with Crippen LogP contribution in [0.25, 0.3) is 0 Å². The molecule has 0 unspecified atom stereocenters. The molecule has 1 aliphatic heterocycles. The Labute approximate surface area is 145 Å². The highest BCUT2D eigenvalue weighted by Crippen LogP contribution is 2.28. The Morgan fingerprint density at radius 3 is 2.55 bits per heavy atom. The predicted octanol–water partition coefficient (Wildman–Crippen LogP) is 3.61. The smallest absolute Gasteiger partial charge is 0.255 e. The summed E-state index contributed by atoms with van der Waals surface area (Å²) >= 11 is 3.27. The van der Waals surface area contributed by atoms with Gasteiger partial charge in [-0.3, -0.25) is 4.79 Å². The summed E-state index contributed by atoms with van der Waals surface area (Å²) in [6, 6.07) is 4.77. The number of likely N-dealkylation sites (tertiary alicyclic amines) is 1. The van der Waals surface area contributed by atoms with Gasteiger partial charge in [-0.15, -0.1) is 12.4 Å². The maximum atomic E-state index is 13.1. The van der Waals surface area contributed by atoms with Crippen molar-refractivity contribution >= 4 is 34.2 Å². The second-order valence-corrected chi connectivity index (χ2v) is 6.90. The Kier molecular flexibility index (Phi) is 6.24. The van der Waals surface area contributed by atoms with Crippen LogP contribution in [0, 0.1) is 11.7 Å². The Morgan fingerprint density at radius 1 is 1.27 bits per heavy atom. The molecule has 122 valence electrons. The van der Waals surface area contributed by atoms with Crippen LogP contribution < -0.4 is 5.32 Å². The summed E-state index contributed by atoms with van der Waals surface area (Å²) < 4.78 is 13.6. The Balaban J connectivity index is 0.00000176. The number of rotatable bonds is 4. The van der Waals surface area contributed by atoms with Crippen molar-refractivity contribution in [3.05, 3.63) is 34.1 Å². The molecule has 1 aliphatic carbocycles. The zero-order valence-corrected chi connectivity index (χ0v) is 14.8. The van der Waals surface area contributed by atoms with Crippen LogP contribution in [0.1, 0.15) is 36.0 Å². The summed E-state index contributed by atoms with van der Waals surface area (Å²) in [4.78, 5) is 14.3. The number of nitrogens with one attached hydrogen (secondary N) is 1. The molecule has 1 N–H and O–H groups in total. The molecule has 1 heterocycles. The number of amides is 1. The number of hydrogen-bond donors (Lipinski definition) is 1. The van der Waals surface area contributed by atoms with Crippen LogP contribution >= 0.6 is 28.3 Å². The number of hydrogen-bond acceptors (Lipinski definition) is 2. The van der Waals surface area contributed by atoms with Gasteiger partial charge >= 0.3 is 0 Å². The third-order valence-corrected chi connectivity index (χ3v) is 4.99. The van der Waals surface area contributed by atoms with Crippen LogP contribution in [0.5, 0.6) is 0 Å². The molecule has 1 saturated heterocycles. The molecule has 22 heavy (non-hydrogen) atoms. The zero-order valence-electron chi connectivity index (χ0n) is 12.4. The van der Waals surface area contributed by atoms with E-state index >= 15 is 0 Å². The number of piperidine rings is 1. The topological polar surface area (TPSA) is 32.3 Å². The lowest BCUT2D eigenvalue weighted by Gasteiger charge is -2.32. The average molecular weight is 392 g/mol. The number of benzene rings is 1. The van der Waals surface area contributed by atoms with Gasteiger partial charge in [0.15, 0.2) is 0 Å². The highest BCUT2D eigenvalue weighted by atomic mass is 79.9. The molecule has 0 atom stereocenters. The minimum atomic E-state index is -0.332. The third kappa shape index (κ3) is 4.43. The molecule has 1 aromatic rings. The lowest BCUT2D eigenvalue weighted by molar-refractivity contribution is 0.0704. The van der Waals surface area contributed by atoms with Crippen molar-refractivity contribution < 1.29 is 9.18 Å². The van der Waals surface area contributed by atoms with E-state index in [9.17, 15) is 9.18 Å². The first-order valence-electron chi connectivity index (χ1n) is 7.61. The quantitative estimate of drug-likeness (QED) is 0.850. The van der Waals surface area contributed by atoms with Crippen molar-refractivity contribution in [1.82, 2.24) is 10.2 Å². The van der Waals surface area contributed by atoms with E-state index < -0.39 is 0 Å². The average Bonchev–Trinajstić information content (AvgIpc) is 3.29. The molecule has 1 amide bonds. The fourth-order valence-corrected chi connectivity index (χ4v) is 3.30. The molecule has 0 bridgehead atoms. The van der Waals surface area contributed by atoms with Crippen molar-refractivity contribution in [3.8, 4) is 0 Å². The van der Waals surface area contributed by atoms with Crippen molar-refractivity contribution in [2.24, 2.45) is 5.92 Å². The molecular weight excluding hydrogens is 371 g/mol. The first-order valence-corrected chi connectivity index (χ1v) is 8.40. The lowest BCUT2D eigenvalue weighted by atomic mass is 10.0. The van der Waals surface area contributed by atoms with E-state index in [4.69, 9.17) is 0 Å². The van der Waals surface area contributed by atoms with Crippen LogP contribution in [0.2, 0.25) is 0 Å². The Bertz CT molecular complexity index is 531. The van der Waals surface area contributed by atoms with Gasteiger partial charge in [-0.05, 0) is 72.3 Å². The molecule has 1 aromatic carbocycles. The molecule has 1 saturated carbocycles. The van der Waals surface area contributed by atoms with Gasteiger partial charge in [-0.2, -0.15) is 0 Å². The number of carbonyl (C=O) groups excluding carboxylic acids is 1. The molecule has 0 spiro atoms. The SMILES string of the molecule is Cl.O=C(c1ccc(F)cc1Br)N1CCC(NCC2CC2)CC1. The molecule has 3 rings (SSSR count). The van der Waals surface area contributed by atoms with Crippen LogP contribution in [0.4, 0.5) is 4.39 Å². The van der Waals surface area contributed by atoms with E-state index in [-0.39, 0.29) is 24.1 Å². The second kappa shape index (κ2) is 7.75. The zero-order chi connectivity index (χ0) is 14.8. The lowest BCUT2D eigenvalue weighted by Crippen LogP contribution is -2.45. The summed E-state index contributed by atoms with van der Waals surface area (Å²) in [6.07, 6.45) is 4.72. The molecule has 6 heteroatoms. The highest BCUT2D eigenvalue weighted by molar-refractivity contribution is 9.10. The fraction of sp³-hybridized carbons (Fsp3) is 0.562. The summed E-state index contributed by atoms with van der Waals surface area (Å²) in [5.74, 6) is 0.545. The van der Waals surface area contributed by atoms with Crippen molar-refractivity contribution in [2.75, 3.05) is 19.6 Å². The fourth-order valence-electron chi connectivity index (χ4n) is 2.78. The van der Waals surface area contributed by atoms with Crippen molar-refractivity contribution in [2.45, 2.75) is 31.7 Å². The van der Waals surface area contributed by atoms with Gasteiger partial charge in [-0.1, -0.05) is 0 Å². The molecule has 0 aromatic heterocycles. The second-order valence-electron chi connectivity index (χ2n) is 6.04. The maximum Gasteiger partial charge on any atom is 0.255 e. The molecule has 2 aliphatic rings. The number of carbonyl (C=O) groups is 1. The Hall–Kier alpha value is -0.650. The van der Waals surface area contributed by atoms with Gasteiger partial charge < -0.3 is 10.2 Å². The van der Waals surface area contributed by atoms with Gasteiger partial charge in [0.05, 0.1) is 5.56 Å². The van der Waals surface area contributed by atoms with Gasteiger partial charge in [0, 0.05) is 23.6 Å². The van der Waals surface area contributed by atoms with E-state index in [1.807, 2.05) is 4.90 Å². The summed E-state index contributed by atoms with van der Waals surface area (Å²) in [7, 11) is 0. The van der Waals surface area contributed by atoms with Gasteiger partial charge in [0.25, 0.3) is 5.91 Å². The van der Waals surface area contributed by atoms with Crippen LogP contribution in [0.15, 0.2) is 22.7 Å². The van der Waals surface area contributed by atoms with Gasteiger partial charge in [0.2, 0.25) is 0 Å². The van der Waals surface area contributed by atoms with E-state index in [0.717, 1.165) is 38.4 Å². The van der Waals surface area contributed by atoms with E-state index in [2.05, 4.69) is 21.2 Å². The van der Waals surface area contributed by atoms with E-state index in [1.54, 1.807) is 6.07 Å². The molecule has 2 fully saturated rings. The normalized spacial score (nSPS) is 18.9. The minimum absolute atomic E-state index is 0. The third-order valence-electron chi connectivity index (χ3n) is 4.34. The largest absolute Gasteiger partial charge is 0.338 e. The molecule has 3 nitrogen and oxygen atoms in total. The van der Waals surface area contributed by atoms with Crippen molar-refractivity contribution in [3.63, 3.8) is 0 Å². The monoisotopic (exact) mass is 390 g/mol. The Morgan fingerprint density at radius 2 is 1.95 bits per heavy atom. The van der Waals surface area contributed by atoms with Crippen LogP contribution in [0.3, 0.4) is 0 Å². The maximum absolute atomic E-state index is 13.1. The molecule has 0 radical (unpaired) electrons. The van der Waals surface area contributed by atoms with Crippen LogP contribution in [-0.4, -0.2) is 36.5 Å². The van der Waals surface area contributed by atoms with Gasteiger partial charge in [-0.25, -0.2) is 4.39 Å². The highest BCUT2D eigenvalue weighted by Gasteiger charge is 2.27.